The Bertz CT molecular complexity index is 2290. The molecule has 1 aromatic heterocycles. The van der Waals surface area contributed by atoms with E-state index in [1.807, 2.05) is 0 Å². The minimum Gasteiger partial charge on any atom is -0.454 e. The minimum absolute atomic E-state index is 0.105. The first-order valence-corrected chi connectivity index (χ1v) is 15.5. The van der Waals surface area contributed by atoms with Crippen LogP contribution in [-0.2, 0) is 10.8 Å². The van der Waals surface area contributed by atoms with E-state index in [0.29, 0.717) is 0 Å². The second kappa shape index (κ2) is 8.74. The normalized spacial score (nSPS) is 15.2. The molecule has 0 saturated carbocycles. The van der Waals surface area contributed by atoms with Crippen molar-refractivity contribution in [2.24, 2.45) is 0 Å². The summed E-state index contributed by atoms with van der Waals surface area (Å²) in [4.78, 5) is 2.45. The van der Waals surface area contributed by atoms with Gasteiger partial charge < -0.3 is 9.32 Å². The zero-order valence-corrected chi connectivity index (χ0v) is 25.5. The van der Waals surface area contributed by atoms with Crippen LogP contribution in [0.4, 0.5) is 17.1 Å². The molecular formula is C42H33NO. The lowest BCUT2D eigenvalue weighted by Gasteiger charge is -2.30. The van der Waals surface area contributed by atoms with Gasteiger partial charge in [0, 0.05) is 38.5 Å². The van der Waals surface area contributed by atoms with E-state index >= 15 is 0 Å². The largest absolute Gasteiger partial charge is 0.454 e. The summed E-state index contributed by atoms with van der Waals surface area (Å²) in [6, 6.07) is 46.4. The first kappa shape index (κ1) is 25.4. The van der Waals surface area contributed by atoms with Crippen molar-refractivity contribution in [2.75, 3.05) is 4.90 Å². The van der Waals surface area contributed by atoms with E-state index in [1.54, 1.807) is 0 Å². The fraction of sp³-hybridized carbons (Fsp3) is 0.143. The SMILES string of the molecule is CC1(C)c2ccccc2-c2ccc(N(c3ccccc3)c3c4c(cc5c3oc3ccccc35)C(C)(C)c3ccccc3-4)cc21. The molecule has 6 aromatic carbocycles. The lowest BCUT2D eigenvalue weighted by atomic mass is 9.81. The van der Waals surface area contributed by atoms with Crippen molar-refractivity contribution < 1.29 is 4.42 Å². The maximum absolute atomic E-state index is 6.86. The number of anilines is 3. The predicted molar refractivity (Wildman–Crippen MR) is 184 cm³/mol. The van der Waals surface area contributed by atoms with Crippen LogP contribution in [0.15, 0.2) is 132 Å². The Labute approximate surface area is 258 Å². The Balaban J connectivity index is 1.41. The topological polar surface area (TPSA) is 16.4 Å². The van der Waals surface area contributed by atoms with Crippen LogP contribution in [-0.4, -0.2) is 0 Å². The second-order valence-corrected chi connectivity index (χ2v) is 13.4. The number of hydrogen-bond acceptors (Lipinski definition) is 2. The van der Waals surface area contributed by atoms with E-state index in [9.17, 15) is 0 Å². The summed E-state index contributed by atoms with van der Waals surface area (Å²) in [6.45, 7) is 9.42. The van der Waals surface area contributed by atoms with Crippen molar-refractivity contribution in [1.29, 1.82) is 0 Å². The van der Waals surface area contributed by atoms with Gasteiger partial charge in [0.15, 0.2) is 5.58 Å². The summed E-state index contributed by atoms with van der Waals surface area (Å²) in [5, 5.41) is 2.31. The highest BCUT2D eigenvalue weighted by Crippen LogP contribution is 2.58. The van der Waals surface area contributed by atoms with Gasteiger partial charge in [0.25, 0.3) is 0 Å². The fourth-order valence-electron chi connectivity index (χ4n) is 8.03. The third-order valence-electron chi connectivity index (χ3n) is 10.3. The molecule has 2 aliphatic carbocycles. The van der Waals surface area contributed by atoms with Gasteiger partial charge in [-0.2, -0.15) is 0 Å². The molecule has 9 rings (SSSR count). The molecule has 2 aliphatic rings. The molecule has 0 bridgehead atoms. The average molecular weight is 568 g/mol. The standard InChI is InChI=1S/C42H33NO/c1-41(2)33-19-11-8-16-28(33)29-23-22-27(24-35(29)41)43(26-14-6-5-7-15-26)39-38-31-18-9-12-20-34(31)42(3,4)36(38)25-32-30-17-10-13-21-37(30)44-40(32)39/h5-25H,1-4H3. The molecule has 0 unspecified atom stereocenters. The van der Waals surface area contributed by atoms with Crippen molar-refractivity contribution in [3.05, 3.63) is 150 Å². The monoisotopic (exact) mass is 567 g/mol. The summed E-state index contributed by atoms with van der Waals surface area (Å²) in [7, 11) is 0. The minimum atomic E-state index is -0.156. The molecular weight excluding hydrogens is 534 g/mol. The molecule has 0 amide bonds. The van der Waals surface area contributed by atoms with Gasteiger partial charge in [-0.3, -0.25) is 0 Å². The van der Waals surface area contributed by atoms with Crippen molar-refractivity contribution >= 4 is 39.0 Å². The molecule has 0 saturated heterocycles. The molecule has 0 fully saturated rings. The Kier molecular flexibility index (Phi) is 5.05. The van der Waals surface area contributed by atoms with Crippen molar-refractivity contribution in [1.82, 2.24) is 0 Å². The Morgan fingerprint density at radius 3 is 1.89 bits per heavy atom. The Morgan fingerprint density at radius 1 is 0.477 bits per heavy atom. The van der Waals surface area contributed by atoms with Crippen molar-refractivity contribution in [3.63, 3.8) is 0 Å². The number of rotatable bonds is 3. The molecule has 0 radical (unpaired) electrons. The Hall–Kier alpha value is -5.08. The van der Waals surface area contributed by atoms with E-state index in [0.717, 1.165) is 39.0 Å². The molecule has 0 aliphatic heterocycles. The van der Waals surface area contributed by atoms with Gasteiger partial charge in [0.1, 0.15) is 5.58 Å². The van der Waals surface area contributed by atoms with Gasteiger partial charge in [0.2, 0.25) is 0 Å². The summed E-state index contributed by atoms with van der Waals surface area (Å²) < 4.78 is 6.86. The molecule has 7 aromatic rings. The molecule has 212 valence electrons. The highest BCUT2D eigenvalue weighted by atomic mass is 16.3. The highest BCUT2D eigenvalue weighted by Gasteiger charge is 2.41. The molecule has 0 spiro atoms. The number of furan rings is 1. The van der Waals surface area contributed by atoms with Crippen LogP contribution in [0.2, 0.25) is 0 Å². The molecule has 2 nitrogen and oxygen atoms in total. The van der Waals surface area contributed by atoms with E-state index in [1.165, 1.54) is 44.5 Å². The van der Waals surface area contributed by atoms with E-state index < -0.39 is 0 Å². The lowest BCUT2D eigenvalue weighted by Crippen LogP contribution is -2.18. The predicted octanol–water partition coefficient (Wildman–Crippen LogP) is 11.7. The van der Waals surface area contributed by atoms with Gasteiger partial charge >= 0.3 is 0 Å². The van der Waals surface area contributed by atoms with Gasteiger partial charge in [0.05, 0.1) is 5.69 Å². The van der Waals surface area contributed by atoms with Crippen LogP contribution in [0.1, 0.15) is 49.9 Å². The van der Waals surface area contributed by atoms with Gasteiger partial charge in [-0.05, 0) is 75.3 Å². The average Bonchev–Trinajstić information content (AvgIpc) is 3.62. The van der Waals surface area contributed by atoms with Gasteiger partial charge in [-0.25, -0.2) is 0 Å². The first-order chi connectivity index (χ1) is 21.4. The number of hydrogen-bond donors (Lipinski definition) is 0. The fourth-order valence-corrected chi connectivity index (χ4v) is 8.03. The first-order valence-electron chi connectivity index (χ1n) is 15.5. The lowest BCUT2D eigenvalue weighted by molar-refractivity contribution is 0.657. The third kappa shape index (κ3) is 3.26. The second-order valence-electron chi connectivity index (χ2n) is 13.4. The summed E-state index contributed by atoms with van der Waals surface area (Å²) in [5.74, 6) is 0. The Morgan fingerprint density at radius 2 is 1.09 bits per heavy atom. The maximum Gasteiger partial charge on any atom is 0.160 e. The zero-order valence-electron chi connectivity index (χ0n) is 25.5. The van der Waals surface area contributed by atoms with Gasteiger partial charge in [-0.1, -0.05) is 119 Å². The summed E-state index contributed by atoms with van der Waals surface area (Å²) in [6.07, 6.45) is 0. The summed E-state index contributed by atoms with van der Waals surface area (Å²) in [5.41, 5.74) is 15.5. The van der Waals surface area contributed by atoms with Crippen LogP contribution in [0, 0.1) is 0 Å². The molecule has 1 heterocycles. The van der Waals surface area contributed by atoms with Crippen LogP contribution >= 0.6 is 0 Å². The number of benzene rings is 6. The quantitative estimate of drug-likeness (QED) is 0.211. The van der Waals surface area contributed by atoms with Crippen molar-refractivity contribution in [2.45, 2.75) is 38.5 Å². The number of para-hydroxylation sites is 2. The molecule has 0 atom stereocenters. The van der Waals surface area contributed by atoms with Crippen molar-refractivity contribution in [3.8, 4) is 22.3 Å². The highest BCUT2D eigenvalue weighted by molar-refractivity contribution is 6.16. The number of nitrogens with zero attached hydrogens (tertiary/aromatic N) is 1. The number of fused-ring (bicyclic) bond motifs is 9. The van der Waals surface area contributed by atoms with Gasteiger partial charge in [-0.15, -0.1) is 0 Å². The smallest absolute Gasteiger partial charge is 0.160 e. The third-order valence-corrected chi connectivity index (χ3v) is 10.3. The maximum atomic E-state index is 6.86. The van der Waals surface area contributed by atoms with E-state index in [2.05, 4.69) is 160 Å². The molecule has 0 N–H and O–H groups in total. The van der Waals surface area contributed by atoms with Crippen LogP contribution in [0.25, 0.3) is 44.2 Å². The van der Waals surface area contributed by atoms with Crippen LogP contribution in [0.3, 0.4) is 0 Å². The molecule has 2 heteroatoms. The zero-order chi connectivity index (χ0) is 29.8. The van der Waals surface area contributed by atoms with E-state index in [-0.39, 0.29) is 10.8 Å². The van der Waals surface area contributed by atoms with E-state index in [4.69, 9.17) is 4.42 Å². The summed E-state index contributed by atoms with van der Waals surface area (Å²) >= 11 is 0. The van der Waals surface area contributed by atoms with Crippen LogP contribution in [0.5, 0.6) is 0 Å². The van der Waals surface area contributed by atoms with Crippen LogP contribution < -0.4 is 4.90 Å². The molecule has 44 heavy (non-hydrogen) atoms.